The highest BCUT2D eigenvalue weighted by Gasteiger charge is 2.38. The molecule has 1 aromatic rings. The molecule has 1 aliphatic carbocycles. The highest BCUT2D eigenvalue weighted by Crippen LogP contribution is 2.36. The van der Waals surface area contributed by atoms with Gasteiger partial charge in [-0.2, -0.15) is 0 Å². The number of hydrogen-bond donors (Lipinski definition) is 2. The lowest BCUT2D eigenvalue weighted by molar-refractivity contribution is -0.126. The van der Waals surface area contributed by atoms with E-state index < -0.39 is 11.2 Å². The number of benzene rings is 1. The van der Waals surface area contributed by atoms with Gasteiger partial charge in [-0.3, -0.25) is 4.79 Å². The topological polar surface area (TPSA) is 55.1 Å². The first-order valence-electron chi connectivity index (χ1n) is 6.54. The molecule has 0 atom stereocenters. The predicted molar refractivity (Wildman–Crippen MR) is 74.6 cm³/mol. The molecular weight excluding hydrogens is 267 g/mol. The molecule has 5 heteroatoms. The lowest BCUT2D eigenvalue weighted by Crippen LogP contribution is -2.44. The molecule has 1 amide bonds. The van der Waals surface area contributed by atoms with E-state index in [1.807, 2.05) is 0 Å². The number of carbonyl (C=O) groups is 1. The van der Waals surface area contributed by atoms with Crippen LogP contribution in [-0.4, -0.2) is 12.5 Å². The van der Waals surface area contributed by atoms with E-state index in [2.05, 4.69) is 5.32 Å². The summed E-state index contributed by atoms with van der Waals surface area (Å²) in [5, 5.41) is 2.95. The summed E-state index contributed by atoms with van der Waals surface area (Å²) in [5.74, 6) is -0.709. The number of nitrogens with one attached hydrogen (secondary N) is 1. The van der Waals surface area contributed by atoms with Crippen molar-refractivity contribution in [3.63, 3.8) is 0 Å². The third-order valence-electron chi connectivity index (χ3n) is 3.86. The molecule has 1 aliphatic rings. The Morgan fingerprint density at radius 2 is 2.05 bits per heavy atom. The maximum absolute atomic E-state index is 13.7. The van der Waals surface area contributed by atoms with Gasteiger partial charge in [-0.15, -0.1) is 0 Å². The Hall–Kier alpha value is -1.13. The number of carbonyl (C=O) groups excluding carboxylic acids is 1. The number of halogens is 2. The van der Waals surface area contributed by atoms with Crippen molar-refractivity contribution in [1.29, 1.82) is 0 Å². The molecule has 0 unspecified atom stereocenters. The first kappa shape index (κ1) is 14.3. The third kappa shape index (κ3) is 3.07. The van der Waals surface area contributed by atoms with Crippen LogP contribution in [0.2, 0.25) is 5.02 Å². The van der Waals surface area contributed by atoms with Crippen molar-refractivity contribution in [2.24, 2.45) is 11.1 Å². The van der Waals surface area contributed by atoms with Crippen LogP contribution in [0.25, 0.3) is 0 Å². The molecule has 1 aromatic carbocycles. The average Bonchev–Trinajstić information content (AvgIpc) is 2.42. The van der Waals surface area contributed by atoms with Crippen molar-refractivity contribution in [2.45, 2.75) is 32.1 Å². The highest BCUT2D eigenvalue weighted by atomic mass is 35.5. The maximum atomic E-state index is 13.7. The molecule has 2 rings (SSSR count). The quantitative estimate of drug-likeness (QED) is 0.894. The maximum Gasteiger partial charge on any atom is 0.231 e. The monoisotopic (exact) mass is 284 g/mol. The van der Waals surface area contributed by atoms with Crippen LogP contribution in [0.3, 0.4) is 0 Å². The van der Waals surface area contributed by atoms with Gasteiger partial charge in [0.25, 0.3) is 0 Å². The Kier molecular flexibility index (Phi) is 4.42. The zero-order chi connectivity index (χ0) is 13.9. The molecule has 19 heavy (non-hydrogen) atoms. The van der Waals surface area contributed by atoms with Gasteiger partial charge in [0.15, 0.2) is 0 Å². The average molecular weight is 285 g/mol. The minimum Gasteiger partial charge on any atom is -0.329 e. The number of rotatable bonds is 3. The predicted octanol–water partition coefficient (Wildman–Crippen LogP) is 3.33. The standard InChI is InChI=1S/C14H18ClFN2O/c15-10-4-5-12(11(16)8-10)18-13(19)14(9-17)6-2-1-3-7-14/h4-5,8H,1-3,6-7,9,17H2,(H,18,19). The third-order valence-corrected chi connectivity index (χ3v) is 4.10. The molecule has 104 valence electrons. The molecule has 3 N–H and O–H groups in total. The fourth-order valence-corrected chi connectivity index (χ4v) is 2.76. The Labute approximate surface area is 117 Å². The molecule has 0 spiro atoms. The number of anilines is 1. The first-order chi connectivity index (χ1) is 9.07. The second-order valence-corrected chi connectivity index (χ2v) is 5.56. The van der Waals surface area contributed by atoms with Crippen molar-refractivity contribution >= 4 is 23.2 Å². The Morgan fingerprint density at radius 3 is 2.63 bits per heavy atom. The SMILES string of the molecule is NCC1(C(=O)Nc2ccc(Cl)cc2F)CCCCC1. The van der Waals surface area contributed by atoms with Crippen molar-refractivity contribution < 1.29 is 9.18 Å². The Morgan fingerprint density at radius 1 is 1.37 bits per heavy atom. The molecule has 1 saturated carbocycles. The molecule has 0 heterocycles. The van der Waals surface area contributed by atoms with Crippen LogP contribution < -0.4 is 11.1 Å². The molecular formula is C14H18ClFN2O. The normalized spacial score (nSPS) is 18.1. The van der Waals surface area contributed by atoms with Gasteiger partial charge < -0.3 is 11.1 Å². The summed E-state index contributed by atoms with van der Waals surface area (Å²) in [7, 11) is 0. The van der Waals surface area contributed by atoms with Gasteiger partial charge in [0.05, 0.1) is 11.1 Å². The minimum atomic E-state index is -0.551. The summed E-state index contributed by atoms with van der Waals surface area (Å²) in [6.45, 7) is 0.300. The van der Waals surface area contributed by atoms with Crippen LogP contribution >= 0.6 is 11.6 Å². The second kappa shape index (κ2) is 5.88. The van der Waals surface area contributed by atoms with Crippen LogP contribution in [0, 0.1) is 11.2 Å². The van der Waals surface area contributed by atoms with Crippen LogP contribution in [0.5, 0.6) is 0 Å². The van der Waals surface area contributed by atoms with E-state index in [1.165, 1.54) is 12.1 Å². The zero-order valence-corrected chi connectivity index (χ0v) is 11.5. The van der Waals surface area contributed by atoms with Gasteiger partial charge in [-0.1, -0.05) is 30.9 Å². The van der Waals surface area contributed by atoms with Crippen molar-refractivity contribution in [3.8, 4) is 0 Å². The summed E-state index contributed by atoms with van der Waals surface area (Å²) >= 11 is 5.68. The van der Waals surface area contributed by atoms with Gasteiger partial charge in [-0.25, -0.2) is 4.39 Å². The molecule has 0 saturated heterocycles. The lowest BCUT2D eigenvalue weighted by atomic mass is 9.73. The van der Waals surface area contributed by atoms with Gasteiger partial charge in [0, 0.05) is 11.6 Å². The second-order valence-electron chi connectivity index (χ2n) is 5.12. The highest BCUT2D eigenvalue weighted by molar-refractivity contribution is 6.30. The Balaban J connectivity index is 2.15. The van der Waals surface area contributed by atoms with Gasteiger partial charge in [-0.05, 0) is 31.0 Å². The molecule has 0 bridgehead atoms. The fraction of sp³-hybridized carbons (Fsp3) is 0.500. The van der Waals surface area contributed by atoms with Crippen LogP contribution in [0.15, 0.2) is 18.2 Å². The summed E-state index contributed by atoms with van der Waals surface area (Å²) in [6.07, 6.45) is 4.65. The summed E-state index contributed by atoms with van der Waals surface area (Å²) in [5.41, 5.74) is 5.39. The number of hydrogen-bond acceptors (Lipinski definition) is 2. The van der Waals surface area contributed by atoms with Gasteiger partial charge in [0.1, 0.15) is 5.82 Å². The number of amides is 1. The van der Waals surface area contributed by atoms with Crippen molar-refractivity contribution in [1.82, 2.24) is 0 Å². The first-order valence-corrected chi connectivity index (χ1v) is 6.92. The van der Waals surface area contributed by atoms with E-state index in [0.29, 0.717) is 11.6 Å². The van der Waals surface area contributed by atoms with Crippen LogP contribution in [0.1, 0.15) is 32.1 Å². The van der Waals surface area contributed by atoms with E-state index >= 15 is 0 Å². The summed E-state index contributed by atoms with van der Waals surface area (Å²) in [6, 6.07) is 4.21. The smallest absolute Gasteiger partial charge is 0.231 e. The van der Waals surface area contributed by atoms with E-state index in [-0.39, 0.29) is 11.6 Å². The van der Waals surface area contributed by atoms with Crippen molar-refractivity contribution in [2.75, 3.05) is 11.9 Å². The molecule has 0 radical (unpaired) electrons. The van der Waals surface area contributed by atoms with E-state index in [4.69, 9.17) is 17.3 Å². The fourth-order valence-electron chi connectivity index (χ4n) is 2.60. The van der Waals surface area contributed by atoms with Gasteiger partial charge >= 0.3 is 0 Å². The van der Waals surface area contributed by atoms with Crippen molar-refractivity contribution in [3.05, 3.63) is 29.0 Å². The van der Waals surface area contributed by atoms with E-state index in [1.54, 1.807) is 6.07 Å². The van der Waals surface area contributed by atoms with Crippen LogP contribution in [-0.2, 0) is 4.79 Å². The molecule has 3 nitrogen and oxygen atoms in total. The van der Waals surface area contributed by atoms with Gasteiger partial charge in [0.2, 0.25) is 5.91 Å². The molecule has 0 aliphatic heterocycles. The summed E-state index contributed by atoms with van der Waals surface area (Å²) in [4.78, 5) is 12.4. The minimum absolute atomic E-state index is 0.160. The zero-order valence-electron chi connectivity index (χ0n) is 10.7. The number of nitrogens with two attached hydrogens (primary N) is 1. The van der Waals surface area contributed by atoms with E-state index in [0.717, 1.165) is 32.1 Å². The summed E-state index contributed by atoms with van der Waals surface area (Å²) < 4.78 is 13.7. The molecule has 1 fully saturated rings. The Bertz CT molecular complexity index is 473. The largest absolute Gasteiger partial charge is 0.329 e. The van der Waals surface area contributed by atoms with Crippen LogP contribution in [0.4, 0.5) is 10.1 Å². The van der Waals surface area contributed by atoms with E-state index in [9.17, 15) is 9.18 Å². The lowest BCUT2D eigenvalue weighted by Gasteiger charge is -2.34. The molecule has 0 aromatic heterocycles.